The predicted octanol–water partition coefficient (Wildman–Crippen LogP) is 7.06. The average molecular weight is 528 g/mol. The van der Waals surface area contributed by atoms with Crippen molar-refractivity contribution in [2.45, 2.75) is 135 Å². The average Bonchev–Trinajstić information content (AvgIpc) is 2.82. The van der Waals surface area contributed by atoms with Crippen molar-refractivity contribution >= 4 is 16.0 Å². The first-order valence-electron chi connectivity index (χ1n) is 14.2. The summed E-state index contributed by atoms with van der Waals surface area (Å²) in [5.74, 6) is -1.02. The molecule has 0 bridgehead atoms. The fourth-order valence-electron chi connectivity index (χ4n) is 3.85. The Morgan fingerprint density at radius 2 is 1.22 bits per heavy atom. The topological polar surface area (TPSA) is 104 Å². The summed E-state index contributed by atoms with van der Waals surface area (Å²) in [4.78, 5) is 12.3. The van der Waals surface area contributed by atoms with E-state index in [1.54, 1.807) is 6.08 Å². The lowest BCUT2D eigenvalue weighted by Gasteiger charge is -2.21. The molecule has 0 aromatic carbocycles. The van der Waals surface area contributed by atoms with E-state index in [1.807, 2.05) is 0 Å². The Hall–Kier alpha value is -1.44. The van der Waals surface area contributed by atoms with Crippen LogP contribution in [-0.2, 0) is 14.9 Å². The van der Waals surface area contributed by atoms with E-state index < -0.39 is 28.0 Å². The molecule has 0 aromatic heterocycles. The molecule has 0 radical (unpaired) electrons. The van der Waals surface area contributed by atoms with Crippen molar-refractivity contribution in [3.05, 3.63) is 36.5 Å². The number of amides is 1. The van der Waals surface area contributed by atoms with Crippen molar-refractivity contribution < 1.29 is 22.9 Å². The van der Waals surface area contributed by atoms with Gasteiger partial charge in [0.1, 0.15) is 0 Å². The van der Waals surface area contributed by atoms with Crippen LogP contribution in [-0.4, -0.2) is 41.9 Å². The number of unbranched alkanes of at least 4 members (excludes halogenated alkanes) is 12. The monoisotopic (exact) mass is 527 g/mol. The van der Waals surface area contributed by atoms with Crippen LogP contribution in [0.3, 0.4) is 0 Å². The quantitative estimate of drug-likeness (QED) is 0.0708. The van der Waals surface area contributed by atoms with Crippen LogP contribution in [0, 0.1) is 0 Å². The number of aliphatic hydroxyl groups excluding tert-OH is 1. The molecule has 6 nitrogen and oxygen atoms in total. The number of allylic oxidation sites excluding steroid dienone is 5. The Balaban J connectivity index is 4.16. The molecule has 2 atom stereocenters. The van der Waals surface area contributed by atoms with Crippen LogP contribution in [0.2, 0.25) is 0 Å². The number of nitrogens with one attached hydrogen (secondary N) is 1. The molecule has 210 valence electrons. The zero-order valence-electron chi connectivity index (χ0n) is 22.9. The fourth-order valence-corrected chi connectivity index (χ4v) is 4.59. The van der Waals surface area contributed by atoms with Crippen molar-refractivity contribution in [2.24, 2.45) is 0 Å². The molecule has 7 heteroatoms. The van der Waals surface area contributed by atoms with Crippen molar-refractivity contribution in [1.29, 1.82) is 0 Å². The number of rotatable bonds is 24. The van der Waals surface area contributed by atoms with Gasteiger partial charge in [-0.25, -0.2) is 0 Å². The summed E-state index contributed by atoms with van der Waals surface area (Å²) >= 11 is 0. The summed E-state index contributed by atoms with van der Waals surface area (Å²) in [5.41, 5.74) is 0. The van der Waals surface area contributed by atoms with E-state index in [4.69, 9.17) is 0 Å². The molecular weight excluding hydrogens is 474 g/mol. The van der Waals surface area contributed by atoms with E-state index in [0.717, 1.165) is 51.4 Å². The maximum atomic E-state index is 12.3. The van der Waals surface area contributed by atoms with Crippen molar-refractivity contribution in [2.75, 3.05) is 5.75 Å². The number of aliphatic hydroxyl groups is 1. The number of hydrogen-bond acceptors (Lipinski definition) is 4. The van der Waals surface area contributed by atoms with Gasteiger partial charge in [0, 0.05) is 6.42 Å². The van der Waals surface area contributed by atoms with Gasteiger partial charge in [-0.3, -0.25) is 9.35 Å². The maximum absolute atomic E-state index is 12.3. The van der Waals surface area contributed by atoms with Crippen molar-refractivity contribution in [3.8, 4) is 0 Å². The normalized spacial score (nSPS) is 14.2. The molecule has 0 aliphatic heterocycles. The smallest absolute Gasteiger partial charge is 0.267 e. The molecule has 0 aliphatic rings. The van der Waals surface area contributed by atoms with Crippen LogP contribution >= 0.6 is 0 Å². The van der Waals surface area contributed by atoms with Gasteiger partial charge in [-0.15, -0.1) is 0 Å². The van der Waals surface area contributed by atoms with Crippen LogP contribution in [0.15, 0.2) is 36.5 Å². The molecule has 0 aromatic rings. The van der Waals surface area contributed by atoms with Crippen LogP contribution in [0.5, 0.6) is 0 Å². The Bertz CT molecular complexity index is 715. The number of carbonyl (C=O) groups is 1. The van der Waals surface area contributed by atoms with Gasteiger partial charge in [0.05, 0.1) is 17.9 Å². The molecule has 0 fully saturated rings. The number of hydrogen-bond donors (Lipinski definition) is 3. The van der Waals surface area contributed by atoms with Gasteiger partial charge in [-0.2, -0.15) is 8.42 Å². The Morgan fingerprint density at radius 1 is 0.722 bits per heavy atom. The summed E-state index contributed by atoms with van der Waals surface area (Å²) in [6.07, 6.45) is 28.6. The van der Waals surface area contributed by atoms with Crippen molar-refractivity contribution in [1.82, 2.24) is 5.32 Å². The highest BCUT2D eigenvalue weighted by Crippen LogP contribution is 2.10. The van der Waals surface area contributed by atoms with Gasteiger partial charge < -0.3 is 10.4 Å². The summed E-state index contributed by atoms with van der Waals surface area (Å²) in [7, 11) is -4.34. The SMILES string of the molecule is CCCC/C=C/CC/C=C/C(O)C(CS(=O)(=O)O)NC(=O)CCCCCCC/C=C\CCCCCC. The third-order valence-corrected chi connectivity index (χ3v) is 6.82. The molecule has 0 rings (SSSR count). The van der Waals surface area contributed by atoms with E-state index >= 15 is 0 Å². The Kier molecular flexibility index (Phi) is 23.0. The van der Waals surface area contributed by atoms with E-state index in [-0.39, 0.29) is 12.3 Å². The molecule has 3 N–H and O–H groups in total. The van der Waals surface area contributed by atoms with E-state index in [1.165, 1.54) is 44.6 Å². The second kappa shape index (κ2) is 23.9. The summed E-state index contributed by atoms with van der Waals surface area (Å²) in [5, 5.41) is 13.0. The molecule has 0 aliphatic carbocycles. The highest BCUT2D eigenvalue weighted by Gasteiger charge is 2.24. The van der Waals surface area contributed by atoms with Crippen LogP contribution in [0.25, 0.3) is 0 Å². The van der Waals surface area contributed by atoms with E-state index in [9.17, 15) is 22.9 Å². The van der Waals surface area contributed by atoms with Gasteiger partial charge in [0.2, 0.25) is 5.91 Å². The molecule has 36 heavy (non-hydrogen) atoms. The zero-order chi connectivity index (χ0) is 26.9. The minimum absolute atomic E-state index is 0.276. The Morgan fingerprint density at radius 3 is 1.83 bits per heavy atom. The molecule has 1 amide bonds. The van der Waals surface area contributed by atoms with Crippen LogP contribution < -0.4 is 5.32 Å². The third kappa shape index (κ3) is 24.3. The number of carbonyl (C=O) groups excluding carboxylic acids is 1. The van der Waals surface area contributed by atoms with E-state index in [0.29, 0.717) is 12.8 Å². The summed E-state index contributed by atoms with van der Waals surface area (Å²) in [6.45, 7) is 4.37. The predicted molar refractivity (Wildman–Crippen MR) is 152 cm³/mol. The molecule has 2 unspecified atom stereocenters. The minimum atomic E-state index is -4.34. The zero-order valence-corrected chi connectivity index (χ0v) is 23.7. The summed E-state index contributed by atoms with van der Waals surface area (Å²) in [6, 6.07) is -1.07. The van der Waals surface area contributed by atoms with Gasteiger partial charge >= 0.3 is 0 Å². The van der Waals surface area contributed by atoms with Crippen molar-refractivity contribution in [3.63, 3.8) is 0 Å². The molecule has 0 saturated heterocycles. The highest BCUT2D eigenvalue weighted by molar-refractivity contribution is 7.85. The molecular formula is C29H53NO5S. The Labute approximate surface area is 221 Å². The second-order valence-electron chi connectivity index (χ2n) is 9.66. The molecule has 0 saturated carbocycles. The molecule has 0 heterocycles. The lowest BCUT2D eigenvalue weighted by atomic mass is 10.1. The minimum Gasteiger partial charge on any atom is -0.387 e. The highest BCUT2D eigenvalue weighted by atomic mass is 32.2. The second-order valence-corrected chi connectivity index (χ2v) is 11.2. The third-order valence-electron chi connectivity index (χ3n) is 6.04. The lowest BCUT2D eigenvalue weighted by molar-refractivity contribution is -0.122. The lowest BCUT2D eigenvalue weighted by Crippen LogP contribution is -2.46. The van der Waals surface area contributed by atoms with Gasteiger partial charge in [0.25, 0.3) is 10.1 Å². The van der Waals surface area contributed by atoms with Gasteiger partial charge in [0.15, 0.2) is 0 Å². The largest absolute Gasteiger partial charge is 0.387 e. The van der Waals surface area contributed by atoms with E-state index in [2.05, 4.69) is 43.5 Å². The van der Waals surface area contributed by atoms with Crippen LogP contribution in [0.4, 0.5) is 0 Å². The fraction of sp³-hybridized carbons (Fsp3) is 0.759. The summed E-state index contributed by atoms with van der Waals surface area (Å²) < 4.78 is 32.0. The maximum Gasteiger partial charge on any atom is 0.267 e. The molecule has 0 spiro atoms. The van der Waals surface area contributed by atoms with Gasteiger partial charge in [-0.1, -0.05) is 102 Å². The first kappa shape index (κ1) is 34.6. The van der Waals surface area contributed by atoms with Crippen LogP contribution in [0.1, 0.15) is 123 Å². The first-order valence-corrected chi connectivity index (χ1v) is 15.8. The first-order chi connectivity index (χ1) is 17.3. The standard InChI is InChI=1S/C29H53NO5S/c1-3-5-7-9-11-13-14-15-16-17-19-21-23-25-29(32)30-27(26-36(33,34)35)28(31)24-22-20-18-12-10-8-6-4-2/h10,12-14,22,24,27-28,31H,3-9,11,15-21,23,25-26H2,1-2H3,(H,30,32)(H,33,34,35)/b12-10+,14-13-,24-22+. The van der Waals surface area contributed by atoms with Gasteiger partial charge in [-0.05, 0) is 51.4 Å².